The van der Waals surface area contributed by atoms with Crippen LogP contribution in [0.3, 0.4) is 0 Å². The molecule has 0 aliphatic rings. The Bertz CT molecular complexity index is 1400. The Balaban J connectivity index is 1.70. The molecule has 0 radical (unpaired) electrons. The number of nitrogens with zero attached hydrogens (tertiary/aromatic N) is 2. The minimum Gasteiger partial charge on any atom is -0.408 e. The molecule has 5 nitrogen and oxygen atoms in total. The second-order valence-corrected chi connectivity index (χ2v) is 7.80. The summed E-state index contributed by atoms with van der Waals surface area (Å²) < 4.78 is 37.7. The number of rotatable bonds is 5. The molecule has 4 aromatic rings. The molecule has 162 valence electrons. The van der Waals surface area contributed by atoms with Gasteiger partial charge in [-0.1, -0.05) is 43.0 Å². The molecule has 0 bridgehead atoms. The minimum absolute atomic E-state index is 0.186. The Labute approximate surface area is 187 Å². The van der Waals surface area contributed by atoms with Crippen LogP contribution in [0.15, 0.2) is 68.7 Å². The molecule has 8 heteroatoms. The van der Waals surface area contributed by atoms with Gasteiger partial charge in [-0.15, -0.1) is 0 Å². The lowest BCUT2D eigenvalue weighted by molar-refractivity contribution is 0.489. The summed E-state index contributed by atoms with van der Waals surface area (Å²) >= 11 is 0.911. The van der Waals surface area contributed by atoms with Gasteiger partial charge >= 0.3 is 5.76 Å². The number of oxazole rings is 1. The van der Waals surface area contributed by atoms with Crippen LogP contribution in [0.2, 0.25) is 0 Å². The van der Waals surface area contributed by atoms with E-state index in [1.165, 1.54) is 28.8 Å². The van der Waals surface area contributed by atoms with Crippen LogP contribution in [0.5, 0.6) is 0 Å². The zero-order chi connectivity index (χ0) is 22.7. The molecule has 2 aromatic carbocycles. The van der Waals surface area contributed by atoms with Crippen molar-refractivity contribution in [3.05, 3.63) is 88.0 Å². The number of pyridine rings is 1. The van der Waals surface area contributed by atoms with E-state index < -0.39 is 23.6 Å². The number of halogens is 2. The highest BCUT2D eigenvalue weighted by Gasteiger charge is 2.20. The van der Waals surface area contributed by atoms with Crippen molar-refractivity contribution < 1.29 is 13.2 Å². The first kappa shape index (κ1) is 21.7. The van der Waals surface area contributed by atoms with Gasteiger partial charge in [-0.3, -0.25) is 4.57 Å². The van der Waals surface area contributed by atoms with Gasteiger partial charge in [0.1, 0.15) is 11.6 Å². The number of fused-ring (bicyclic) bond motifs is 1. The molecule has 2 heterocycles. The van der Waals surface area contributed by atoms with Crippen LogP contribution in [0.4, 0.5) is 14.6 Å². The molecule has 0 amide bonds. The van der Waals surface area contributed by atoms with Crippen molar-refractivity contribution in [2.45, 2.75) is 31.2 Å². The van der Waals surface area contributed by atoms with E-state index in [4.69, 9.17) is 4.42 Å². The van der Waals surface area contributed by atoms with Crippen LogP contribution in [0, 0.1) is 23.6 Å². The monoisotopic (exact) mass is 451 g/mol. The number of hydrogen-bond acceptors (Lipinski definition) is 5. The number of aromatic nitrogens is 2. The van der Waals surface area contributed by atoms with Crippen LogP contribution in [-0.2, 0) is 0 Å². The Morgan fingerprint density at radius 1 is 1.19 bits per heavy atom. The molecular weight excluding hydrogens is 432 g/mol. The summed E-state index contributed by atoms with van der Waals surface area (Å²) in [5.41, 5.74) is 2.24. The van der Waals surface area contributed by atoms with Crippen LogP contribution >= 0.6 is 11.9 Å². The molecule has 1 N–H and O–H groups in total. The maximum atomic E-state index is 14.9. The average Bonchev–Trinajstić information content (AvgIpc) is 3.10. The summed E-state index contributed by atoms with van der Waals surface area (Å²) in [5, 5.41) is 0. The molecule has 0 saturated carbocycles. The topological polar surface area (TPSA) is 60.1 Å². The van der Waals surface area contributed by atoms with Crippen LogP contribution in [-0.4, -0.2) is 9.55 Å². The molecule has 0 aliphatic carbocycles. The van der Waals surface area contributed by atoms with Gasteiger partial charge in [0.05, 0.1) is 16.5 Å². The first-order chi connectivity index (χ1) is 15.5. The van der Waals surface area contributed by atoms with Gasteiger partial charge in [0.25, 0.3) is 0 Å². The van der Waals surface area contributed by atoms with Crippen molar-refractivity contribution in [1.29, 1.82) is 0 Å². The molecule has 0 aliphatic heterocycles. The first-order valence-electron chi connectivity index (χ1n) is 9.95. The van der Waals surface area contributed by atoms with Gasteiger partial charge < -0.3 is 9.14 Å². The lowest BCUT2D eigenvalue weighted by Gasteiger charge is -2.15. The molecule has 0 fully saturated rings. The SMILES string of the molecule is CCC#Cc1ccccc1[C@@H](C)n1c(=O)oc2cc(SNc3cccc(F)n3)c(F)cc21. The third kappa shape index (κ3) is 4.39. The zero-order valence-corrected chi connectivity index (χ0v) is 18.2. The molecule has 32 heavy (non-hydrogen) atoms. The van der Waals surface area contributed by atoms with Crippen molar-refractivity contribution in [1.82, 2.24) is 9.55 Å². The van der Waals surface area contributed by atoms with Gasteiger partial charge in [0.2, 0.25) is 5.95 Å². The van der Waals surface area contributed by atoms with E-state index in [0.717, 1.165) is 23.1 Å². The quantitative estimate of drug-likeness (QED) is 0.238. The highest BCUT2D eigenvalue weighted by Crippen LogP contribution is 2.30. The van der Waals surface area contributed by atoms with Crippen molar-refractivity contribution in [3.8, 4) is 11.8 Å². The van der Waals surface area contributed by atoms with Gasteiger partial charge in [-0.25, -0.2) is 14.2 Å². The second kappa shape index (κ2) is 9.28. The number of anilines is 1. The van der Waals surface area contributed by atoms with E-state index >= 15 is 0 Å². The lowest BCUT2D eigenvalue weighted by atomic mass is 10.0. The Hall–Kier alpha value is -3.57. The Morgan fingerprint density at radius 2 is 2.00 bits per heavy atom. The normalized spacial score (nSPS) is 11.8. The van der Waals surface area contributed by atoms with Gasteiger partial charge in [0, 0.05) is 24.1 Å². The molecule has 4 rings (SSSR count). The van der Waals surface area contributed by atoms with Crippen LogP contribution in [0.1, 0.15) is 37.4 Å². The van der Waals surface area contributed by atoms with Crippen LogP contribution in [0.25, 0.3) is 11.1 Å². The van der Waals surface area contributed by atoms with Gasteiger partial charge in [-0.2, -0.15) is 4.39 Å². The molecule has 1 atom stereocenters. The standard InChI is InChI=1S/C24H19F2N3O2S/c1-3-4-8-16-9-5-6-10-17(16)15(2)29-19-13-18(25)21(14-20(19)31-24(29)30)32-28-23-12-7-11-22(26)27-23/h5-7,9-15H,3H2,1-2H3,(H,27,28)/t15-/m1/s1. The summed E-state index contributed by atoms with van der Waals surface area (Å²) in [5.74, 6) is 4.62. The van der Waals surface area contributed by atoms with Crippen molar-refractivity contribution in [3.63, 3.8) is 0 Å². The minimum atomic E-state index is -0.646. The van der Waals surface area contributed by atoms with E-state index in [1.807, 2.05) is 38.1 Å². The van der Waals surface area contributed by atoms with E-state index in [0.29, 0.717) is 11.9 Å². The van der Waals surface area contributed by atoms with E-state index in [9.17, 15) is 13.6 Å². The second-order valence-electron chi connectivity index (χ2n) is 6.96. The van der Waals surface area contributed by atoms with E-state index in [1.54, 1.807) is 6.07 Å². The first-order valence-corrected chi connectivity index (χ1v) is 10.8. The largest absolute Gasteiger partial charge is 0.420 e. The smallest absolute Gasteiger partial charge is 0.408 e. The zero-order valence-electron chi connectivity index (χ0n) is 17.4. The molecule has 0 unspecified atom stereocenters. The summed E-state index contributed by atoms with van der Waals surface area (Å²) in [6.07, 6.45) is 0.710. The van der Waals surface area contributed by atoms with Crippen molar-refractivity contribution >= 4 is 28.9 Å². The van der Waals surface area contributed by atoms with Gasteiger partial charge in [-0.05, 0) is 42.6 Å². The highest BCUT2D eigenvalue weighted by molar-refractivity contribution is 8.00. The number of nitrogens with one attached hydrogen (secondary N) is 1. The van der Waals surface area contributed by atoms with Gasteiger partial charge in [0.15, 0.2) is 5.58 Å². The molecule has 0 saturated heterocycles. The maximum Gasteiger partial charge on any atom is 0.420 e. The predicted molar refractivity (Wildman–Crippen MR) is 122 cm³/mol. The summed E-state index contributed by atoms with van der Waals surface area (Å²) in [6, 6.07) is 14.1. The molecule has 0 spiro atoms. The molecular formula is C24H19F2N3O2S. The Morgan fingerprint density at radius 3 is 2.78 bits per heavy atom. The predicted octanol–water partition coefficient (Wildman–Crippen LogP) is 5.76. The third-order valence-electron chi connectivity index (χ3n) is 4.85. The highest BCUT2D eigenvalue weighted by atomic mass is 32.2. The maximum absolute atomic E-state index is 14.9. The van der Waals surface area contributed by atoms with Crippen molar-refractivity contribution in [2.24, 2.45) is 0 Å². The van der Waals surface area contributed by atoms with Crippen molar-refractivity contribution in [2.75, 3.05) is 4.72 Å². The van der Waals surface area contributed by atoms with E-state index in [-0.39, 0.29) is 16.3 Å². The Kier molecular flexibility index (Phi) is 6.28. The fourth-order valence-electron chi connectivity index (χ4n) is 3.35. The third-order valence-corrected chi connectivity index (χ3v) is 5.69. The van der Waals surface area contributed by atoms with Crippen LogP contribution < -0.4 is 10.5 Å². The summed E-state index contributed by atoms with van der Waals surface area (Å²) in [6.45, 7) is 3.81. The number of hydrogen-bond donors (Lipinski definition) is 1. The average molecular weight is 451 g/mol. The summed E-state index contributed by atoms with van der Waals surface area (Å²) in [7, 11) is 0. The summed E-state index contributed by atoms with van der Waals surface area (Å²) in [4.78, 5) is 16.5. The molecule has 2 aromatic heterocycles. The fourth-order valence-corrected chi connectivity index (χ4v) is 4.00. The lowest BCUT2D eigenvalue weighted by Crippen LogP contribution is -2.20. The number of benzene rings is 2. The fraction of sp³-hybridized carbons (Fsp3) is 0.167. The van der Waals surface area contributed by atoms with E-state index in [2.05, 4.69) is 21.5 Å².